The molecule has 1 unspecified atom stereocenters. The number of anilines is 1. The molecule has 5 nitrogen and oxygen atoms in total. The van der Waals surface area contributed by atoms with Crippen molar-refractivity contribution in [3.63, 3.8) is 0 Å². The first-order valence-electron chi connectivity index (χ1n) is 6.26. The molecule has 1 aromatic rings. The molecule has 0 saturated heterocycles. The van der Waals surface area contributed by atoms with Crippen molar-refractivity contribution < 1.29 is 14.3 Å². The molecule has 1 rings (SSSR count). The Morgan fingerprint density at radius 2 is 2.16 bits per heavy atom. The van der Waals surface area contributed by atoms with Crippen LogP contribution in [0.2, 0.25) is 0 Å². The predicted octanol–water partition coefficient (Wildman–Crippen LogP) is 1.41. The van der Waals surface area contributed by atoms with Crippen LogP contribution in [0.3, 0.4) is 0 Å². The van der Waals surface area contributed by atoms with Gasteiger partial charge in [-0.05, 0) is 25.0 Å². The number of hydrogen-bond donors (Lipinski definition) is 1. The van der Waals surface area contributed by atoms with Crippen LogP contribution in [0, 0.1) is 0 Å². The lowest BCUT2D eigenvalue weighted by Crippen LogP contribution is -2.42. The number of hydrogen-bond acceptors (Lipinski definition) is 4. The zero-order valence-corrected chi connectivity index (χ0v) is 11.8. The van der Waals surface area contributed by atoms with Crippen molar-refractivity contribution >= 4 is 11.6 Å². The molecule has 0 aliphatic rings. The average molecular weight is 266 g/mol. The molecule has 0 bridgehead atoms. The number of amides is 1. The molecule has 0 radical (unpaired) electrons. The fourth-order valence-corrected chi connectivity index (χ4v) is 1.77. The minimum Gasteiger partial charge on any atom is -0.497 e. The maximum Gasteiger partial charge on any atom is 0.243 e. The normalized spacial score (nSPS) is 12.0. The van der Waals surface area contributed by atoms with Gasteiger partial charge in [-0.15, -0.1) is 0 Å². The summed E-state index contributed by atoms with van der Waals surface area (Å²) in [7, 11) is 4.94. The lowest BCUT2D eigenvalue weighted by atomic mass is 10.1. The summed E-state index contributed by atoms with van der Waals surface area (Å²) in [6.45, 7) is 0.615. The van der Waals surface area contributed by atoms with Crippen molar-refractivity contribution in [1.29, 1.82) is 0 Å². The van der Waals surface area contributed by atoms with Crippen LogP contribution in [0.15, 0.2) is 24.3 Å². The van der Waals surface area contributed by atoms with E-state index in [1.54, 1.807) is 32.2 Å². The maximum atomic E-state index is 12.2. The molecule has 5 heteroatoms. The van der Waals surface area contributed by atoms with Crippen LogP contribution >= 0.6 is 0 Å². The number of benzene rings is 1. The number of ether oxygens (including phenoxy) is 2. The Morgan fingerprint density at radius 3 is 2.79 bits per heavy atom. The van der Waals surface area contributed by atoms with Crippen LogP contribution in [0.4, 0.5) is 5.69 Å². The van der Waals surface area contributed by atoms with E-state index in [9.17, 15) is 4.79 Å². The highest BCUT2D eigenvalue weighted by Gasteiger charge is 2.19. The highest BCUT2D eigenvalue weighted by atomic mass is 16.5. The number of methoxy groups -OCH3 is 2. The van der Waals surface area contributed by atoms with Gasteiger partial charge in [0.25, 0.3) is 0 Å². The molecule has 1 amide bonds. The van der Waals surface area contributed by atoms with E-state index in [0.29, 0.717) is 18.8 Å². The van der Waals surface area contributed by atoms with Gasteiger partial charge in [-0.3, -0.25) is 4.79 Å². The third-order valence-corrected chi connectivity index (χ3v) is 2.95. The third-order valence-electron chi connectivity index (χ3n) is 2.95. The Hall–Kier alpha value is -1.59. The zero-order chi connectivity index (χ0) is 14.3. The Balaban J connectivity index is 2.64. The minimum absolute atomic E-state index is 0.107. The van der Waals surface area contributed by atoms with E-state index in [2.05, 4.69) is 0 Å². The van der Waals surface area contributed by atoms with Crippen LogP contribution in [0.1, 0.15) is 12.8 Å². The number of nitrogens with two attached hydrogens (primary N) is 1. The van der Waals surface area contributed by atoms with Crippen LogP contribution in [-0.2, 0) is 9.53 Å². The molecule has 1 aromatic carbocycles. The molecule has 2 N–H and O–H groups in total. The molecular weight excluding hydrogens is 244 g/mol. The lowest BCUT2D eigenvalue weighted by Gasteiger charge is -2.21. The molecule has 1 atom stereocenters. The molecular formula is C14H22N2O3. The van der Waals surface area contributed by atoms with Crippen LogP contribution in [0.25, 0.3) is 0 Å². The van der Waals surface area contributed by atoms with Crippen LogP contribution < -0.4 is 15.4 Å². The molecule has 19 heavy (non-hydrogen) atoms. The van der Waals surface area contributed by atoms with Crippen LogP contribution in [0.5, 0.6) is 5.75 Å². The van der Waals surface area contributed by atoms with Crippen molar-refractivity contribution in [2.75, 3.05) is 32.8 Å². The fraction of sp³-hybridized carbons (Fsp3) is 0.500. The zero-order valence-electron chi connectivity index (χ0n) is 11.8. The summed E-state index contributed by atoms with van der Waals surface area (Å²) >= 11 is 0. The summed E-state index contributed by atoms with van der Waals surface area (Å²) < 4.78 is 10.1. The molecule has 0 aromatic heterocycles. The second kappa shape index (κ2) is 7.76. The Morgan fingerprint density at radius 1 is 1.42 bits per heavy atom. The van der Waals surface area contributed by atoms with Crippen molar-refractivity contribution in [1.82, 2.24) is 0 Å². The first kappa shape index (κ1) is 15.5. The van der Waals surface area contributed by atoms with E-state index >= 15 is 0 Å². The Bertz CT molecular complexity index is 409. The van der Waals surface area contributed by atoms with E-state index < -0.39 is 6.04 Å². The highest BCUT2D eigenvalue weighted by Crippen LogP contribution is 2.20. The first-order valence-corrected chi connectivity index (χ1v) is 6.26. The first-order chi connectivity index (χ1) is 9.10. The number of carbonyl (C=O) groups excluding carboxylic acids is 1. The van der Waals surface area contributed by atoms with Gasteiger partial charge in [0.2, 0.25) is 5.91 Å². The summed E-state index contributed by atoms with van der Waals surface area (Å²) in [6, 6.07) is 6.82. The molecule has 0 aliphatic heterocycles. The summed E-state index contributed by atoms with van der Waals surface area (Å²) in [6.07, 6.45) is 1.39. The van der Waals surface area contributed by atoms with Crippen molar-refractivity contribution in [3.05, 3.63) is 24.3 Å². The largest absolute Gasteiger partial charge is 0.497 e. The Labute approximate surface area is 114 Å². The van der Waals surface area contributed by atoms with Gasteiger partial charge in [-0.25, -0.2) is 0 Å². The maximum absolute atomic E-state index is 12.2. The molecule has 0 saturated carbocycles. The monoisotopic (exact) mass is 266 g/mol. The van der Waals surface area contributed by atoms with Gasteiger partial charge in [-0.1, -0.05) is 6.07 Å². The third kappa shape index (κ3) is 4.54. The lowest BCUT2D eigenvalue weighted by molar-refractivity contribution is -0.119. The van der Waals surface area contributed by atoms with Crippen molar-refractivity contribution in [2.24, 2.45) is 5.73 Å². The molecule has 106 valence electrons. The standard InChI is InChI=1S/C14H22N2O3/c1-16(11-6-4-7-12(10-11)19-3)14(17)13(15)8-5-9-18-2/h4,6-7,10,13H,5,8-9,15H2,1-3H3. The second-order valence-corrected chi connectivity index (χ2v) is 4.34. The molecule has 0 spiro atoms. The summed E-state index contributed by atoms with van der Waals surface area (Å²) in [5.74, 6) is 0.606. The molecule has 0 heterocycles. The topological polar surface area (TPSA) is 64.8 Å². The van der Waals surface area contributed by atoms with Crippen molar-refractivity contribution in [2.45, 2.75) is 18.9 Å². The molecule has 0 aliphatic carbocycles. The van der Waals surface area contributed by atoms with E-state index in [1.807, 2.05) is 18.2 Å². The summed E-state index contributed by atoms with van der Waals surface area (Å²) in [5, 5.41) is 0. The predicted molar refractivity (Wildman–Crippen MR) is 75.5 cm³/mol. The summed E-state index contributed by atoms with van der Waals surface area (Å²) in [4.78, 5) is 13.7. The quantitative estimate of drug-likeness (QED) is 0.758. The van der Waals surface area contributed by atoms with Gasteiger partial charge in [0.15, 0.2) is 0 Å². The van der Waals surface area contributed by atoms with E-state index in [1.165, 1.54) is 0 Å². The number of carbonyl (C=O) groups is 1. The van der Waals surface area contributed by atoms with Gasteiger partial charge in [0.05, 0.1) is 13.2 Å². The van der Waals surface area contributed by atoms with E-state index in [0.717, 1.165) is 12.1 Å². The number of rotatable bonds is 7. The highest BCUT2D eigenvalue weighted by molar-refractivity contribution is 5.96. The number of likely N-dealkylation sites (N-methyl/N-ethyl adjacent to an activating group) is 1. The second-order valence-electron chi connectivity index (χ2n) is 4.34. The van der Waals surface area contributed by atoms with E-state index in [-0.39, 0.29) is 5.91 Å². The van der Waals surface area contributed by atoms with Gasteiger partial charge in [0.1, 0.15) is 5.75 Å². The minimum atomic E-state index is -0.508. The summed E-state index contributed by atoms with van der Waals surface area (Å²) in [5.41, 5.74) is 6.66. The molecule has 0 fully saturated rings. The smallest absolute Gasteiger partial charge is 0.243 e. The van der Waals surface area contributed by atoms with E-state index in [4.69, 9.17) is 15.2 Å². The van der Waals surface area contributed by atoms with Crippen LogP contribution in [-0.4, -0.2) is 39.8 Å². The van der Waals surface area contributed by atoms with Crippen molar-refractivity contribution in [3.8, 4) is 5.75 Å². The van der Waals surface area contributed by atoms with Gasteiger partial charge in [0, 0.05) is 32.5 Å². The fourth-order valence-electron chi connectivity index (χ4n) is 1.77. The SMILES string of the molecule is COCCCC(N)C(=O)N(C)c1cccc(OC)c1. The Kier molecular flexibility index (Phi) is 6.32. The van der Waals surface area contributed by atoms with Gasteiger partial charge in [-0.2, -0.15) is 0 Å². The number of nitrogens with zero attached hydrogens (tertiary/aromatic N) is 1. The average Bonchev–Trinajstić information content (AvgIpc) is 2.45. The van der Waals surface area contributed by atoms with Gasteiger partial charge < -0.3 is 20.1 Å². The van der Waals surface area contributed by atoms with Gasteiger partial charge >= 0.3 is 0 Å².